The Morgan fingerprint density at radius 2 is 1.22 bits per heavy atom. The molecule has 0 aromatic heterocycles. The Bertz CT molecular complexity index is 1410. The van der Waals surface area contributed by atoms with E-state index in [1.807, 2.05) is 33.8 Å². The number of hydrogen-bond donors (Lipinski definition) is 2. The van der Waals surface area contributed by atoms with Crippen LogP contribution in [0.5, 0.6) is 0 Å². The van der Waals surface area contributed by atoms with Crippen LogP contribution in [-0.4, -0.2) is 64.1 Å². The number of unbranched alkanes of at least 4 members (excludes halogenated alkanes) is 20. The Morgan fingerprint density at radius 3 is 1.69 bits per heavy atom. The summed E-state index contributed by atoms with van der Waals surface area (Å²) in [4.78, 5) is 42.0. The second kappa shape index (κ2) is 22.9. The maximum Gasteiger partial charge on any atom is 0.306 e. The number of aliphatic hydroxyl groups excluding tert-OH is 1. The third kappa shape index (κ3) is 11.3. The second-order valence-electron chi connectivity index (χ2n) is 20.1. The maximum atomic E-state index is 15.3. The second-order valence-corrected chi connectivity index (χ2v) is 20.1. The van der Waals surface area contributed by atoms with Crippen LogP contribution in [0.25, 0.3) is 0 Å². The molecule has 8 nitrogen and oxygen atoms in total. The Kier molecular flexibility index (Phi) is 19.2. The summed E-state index contributed by atoms with van der Waals surface area (Å²) in [5, 5.41) is 25.4. The summed E-state index contributed by atoms with van der Waals surface area (Å²) in [5.41, 5.74) is -4.01. The van der Waals surface area contributed by atoms with E-state index in [-0.39, 0.29) is 42.8 Å². The van der Waals surface area contributed by atoms with E-state index in [4.69, 9.17) is 14.2 Å². The number of ether oxygens (including phenoxy) is 3. The Labute approximate surface area is 359 Å². The van der Waals surface area contributed by atoms with Gasteiger partial charge in [0, 0.05) is 30.1 Å². The molecule has 338 valence electrons. The summed E-state index contributed by atoms with van der Waals surface area (Å²) in [6.45, 7) is 15.9. The minimum atomic E-state index is -2.05. The standard InChI is InChI=1S/C51H86O8/c1-9-11-13-15-17-19-20-21-22-24-25-27-29-31-42(52)57-36-40-33-41-44-48(7,8)50(44,59-43(53)32-30-28-26-23-18-16-14-12-10-2)35-39(6)49(46(41)55)34-38(5)47(58-37(3)4)51(49,56)45(40)54/h33-34,37,39,41,44-45,47,54,56H,9-32,35-36H2,1-8H3/t39-,41-,44-,45-,47+,49+,50+,51+/m1/s1. The number of carbonyl (C=O) groups is 3. The van der Waals surface area contributed by atoms with Gasteiger partial charge in [0.25, 0.3) is 0 Å². The molecule has 59 heavy (non-hydrogen) atoms. The summed E-state index contributed by atoms with van der Waals surface area (Å²) in [6, 6.07) is 0. The van der Waals surface area contributed by atoms with Gasteiger partial charge in [-0.1, -0.05) is 175 Å². The first kappa shape index (κ1) is 49.6. The van der Waals surface area contributed by atoms with Crippen molar-refractivity contribution in [2.75, 3.05) is 6.61 Å². The summed E-state index contributed by atoms with van der Waals surface area (Å²) in [6.07, 6.45) is 28.1. The summed E-state index contributed by atoms with van der Waals surface area (Å²) in [7, 11) is 0. The molecule has 2 saturated carbocycles. The van der Waals surface area contributed by atoms with Crippen molar-refractivity contribution in [3.63, 3.8) is 0 Å². The lowest BCUT2D eigenvalue weighted by Gasteiger charge is -2.49. The van der Waals surface area contributed by atoms with Gasteiger partial charge in [0.1, 0.15) is 30.0 Å². The molecule has 0 saturated heterocycles. The molecule has 0 aromatic carbocycles. The third-order valence-corrected chi connectivity index (χ3v) is 14.9. The first-order chi connectivity index (χ1) is 28.1. The van der Waals surface area contributed by atoms with Crippen LogP contribution in [0, 0.1) is 28.6 Å². The first-order valence-electron chi connectivity index (χ1n) is 24.5. The number of fused-ring (bicyclic) bond motifs is 3. The molecule has 8 atom stereocenters. The van der Waals surface area contributed by atoms with Gasteiger partial charge in [-0.15, -0.1) is 0 Å². The van der Waals surface area contributed by atoms with Crippen molar-refractivity contribution in [2.24, 2.45) is 28.6 Å². The number of rotatable bonds is 29. The van der Waals surface area contributed by atoms with E-state index in [0.29, 0.717) is 24.0 Å². The molecule has 4 aliphatic rings. The van der Waals surface area contributed by atoms with E-state index in [1.165, 1.54) is 103 Å². The third-order valence-electron chi connectivity index (χ3n) is 14.9. The number of carbonyl (C=O) groups excluding carboxylic acids is 3. The summed E-state index contributed by atoms with van der Waals surface area (Å²) >= 11 is 0. The van der Waals surface area contributed by atoms with Crippen LogP contribution >= 0.6 is 0 Å². The van der Waals surface area contributed by atoms with Crippen LogP contribution in [0.1, 0.15) is 216 Å². The summed E-state index contributed by atoms with van der Waals surface area (Å²) in [5.74, 6) is -2.41. The zero-order valence-corrected chi connectivity index (χ0v) is 38.8. The lowest BCUT2D eigenvalue weighted by molar-refractivity contribution is -0.207. The van der Waals surface area contributed by atoms with Crippen LogP contribution in [0.15, 0.2) is 23.3 Å². The predicted octanol–water partition coefficient (Wildman–Crippen LogP) is 11.9. The number of allylic oxidation sites excluding steroid dienone is 1. The molecular formula is C51H86O8. The molecule has 0 heterocycles. The van der Waals surface area contributed by atoms with Crippen LogP contribution in [-0.2, 0) is 28.6 Å². The van der Waals surface area contributed by atoms with Crippen molar-refractivity contribution in [1.29, 1.82) is 0 Å². The van der Waals surface area contributed by atoms with Gasteiger partial charge < -0.3 is 24.4 Å². The largest absolute Gasteiger partial charge is 0.461 e. The predicted molar refractivity (Wildman–Crippen MR) is 237 cm³/mol. The van der Waals surface area contributed by atoms with Gasteiger partial charge in [0.05, 0.1) is 11.5 Å². The van der Waals surface area contributed by atoms with Gasteiger partial charge in [0.15, 0.2) is 5.78 Å². The monoisotopic (exact) mass is 827 g/mol. The molecule has 2 bridgehead atoms. The fourth-order valence-corrected chi connectivity index (χ4v) is 11.5. The van der Waals surface area contributed by atoms with Gasteiger partial charge in [-0.25, -0.2) is 0 Å². The molecule has 8 heteroatoms. The molecule has 2 N–H and O–H groups in total. The summed E-state index contributed by atoms with van der Waals surface area (Å²) < 4.78 is 18.8. The zero-order chi connectivity index (χ0) is 43.3. The van der Waals surface area contributed by atoms with E-state index in [9.17, 15) is 19.8 Å². The highest BCUT2D eigenvalue weighted by atomic mass is 16.6. The highest BCUT2D eigenvalue weighted by Crippen LogP contribution is 2.75. The maximum absolute atomic E-state index is 15.3. The van der Waals surface area contributed by atoms with E-state index < -0.39 is 46.1 Å². The molecular weight excluding hydrogens is 741 g/mol. The molecule has 0 radical (unpaired) electrons. The zero-order valence-electron chi connectivity index (χ0n) is 38.8. The molecule has 4 aliphatic carbocycles. The van der Waals surface area contributed by atoms with Crippen LogP contribution in [0.2, 0.25) is 0 Å². The van der Waals surface area contributed by atoms with E-state index in [0.717, 1.165) is 38.5 Å². The highest BCUT2D eigenvalue weighted by Gasteiger charge is 2.83. The highest BCUT2D eigenvalue weighted by molar-refractivity contribution is 5.96. The number of Topliss-reactive ketones (excluding diaryl/α,β-unsaturated/α-hetero) is 1. The molecule has 0 aliphatic heterocycles. The normalized spacial score (nSPS) is 30.6. The fourth-order valence-electron chi connectivity index (χ4n) is 11.5. The van der Waals surface area contributed by atoms with Crippen LogP contribution in [0.4, 0.5) is 0 Å². The molecule has 0 amide bonds. The van der Waals surface area contributed by atoms with Crippen molar-refractivity contribution in [3.8, 4) is 0 Å². The lowest BCUT2D eigenvalue weighted by atomic mass is 9.59. The van der Waals surface area contributed by atoms with Gasteiger partial charge in [-0.2, -0.15) is 0 Å². The van der Waals surface area contributed by atoms with Gasteiger partial charge in [0.2, 0.25) is 0 Å². The van der Waals surface area contributed by atoms with Crippen molar-refractivity contribution < 1.29 is 38.8 Å². The van der Waals surface area contributed by atoms with Crippen molar-refractivity contribution >= 4 is 17.7 Å². The van der Waals surface area contributed by atoms with Crippen molar-refractivity contribution in [1.82, 2.24) is 0 Å². The number of esters is 2. The smallest absolute Gasteiger partial charge is 0.306 e. The number of ketones is 1. The number of hydrogen-bond acceptors (Lipinski definition) is 8. The van der Waals surface area contributed by atoms with Gasteiger partial charge in [-0.05, 0) is 57.1 Å². The van der Waals surface area contributed by atoms with E-state index in [1.54, 1.807) is 6.08 Å². The SMILES string of the molecule is CCCCCCCCCCCCCCCC(=O)OCC1=C[C@H]2C(=O)[C@]3(C=C(C)[C@H](OC(C)C)[C@@]3(O)[C@@H]1O)[C@H](C)C[C@]1(OC(=O)CCCCCCCCCCC)[C@H]2C1(C)C. The van der Waals surface area contributed by atoms with Crippen LogP contribution in [0.3, 0.4) is 0 Å². The first-order valence-corrected chi connectivity index (χ1v) is 24.5. The average Bonchev–Trinajstić information content (AvgIpc) is 3.59. The van der Waals surface area contributed by atoms with Crippen LogP contribution < -0.4 is 0 Å². The Morgan fingerprint density at radius 1 is 0.763 bits per heavy atom. The Hall–Kier alpha value is -2.03. The van der Waals surface area contributed by atoms with E-state index in [2.05, 4.69) is 27.7 Å². The van der Waals surface area contributed by atoms with E-state index >= 15 is 4.79 Å². The van der Waals surface area contributed by atoms with Crippen molar-refractivity contribution in [3.05, 3.63) is 23.3 Å². The fraction of sp³-hybridized carbons (Fsp3) is 0.863. The molecule has 1 spiro atoms. The molecule has 4 rings (SSSR count). The number of aliphatic hydroxyl groups is 2. The Balaban J connectivity index is 1.42. The average molecular weight is 827 g/mol. The van der Waals surface area contributed by atoms with Crippen molar-refractivity contribution in [2.45, 2.75) is 245 Å². The minimum Gasteiger partial charge on any atom is -0.461 e. The topological polar surface area (TPSA) is 119 Å². The molecule has 2 fully saturated rings. The van der Waals surface area contributed by atoms with Gasteiger partial charge >= 0.3 is 11.9 Å². The quantitative estimate of drug-likeness (QED) is 0.0435. The minimum absolute atomic E-state index is 0.193. The lowest BCUT2D eigenvalue weighted by Crippen LogP contribution is -2.66. The molecule has 0 unspecified atom stereocenters. The molecule has 0 aromatic rings. The van der Waals surface area contributed by atoms with Gasteiger partial charge in [-0.3, -0.25) is 14.4 Å².